The quantitative estimate of drug-likeness (QED) is 0.688. The number of aryl methyl sites for hydroxylation is 3. The van der Waals surface area contributed by atoms with Gasteiger partial charge in [0, 0.05) is 31.1 Å². The van der Waals surface area contributed by atoms with Gasteiger partial charge in [-0.05, 0) is 38.8 Å². The van der Waals surface area contributed by atoms with E-state index >= 15 is 0 Å². The third-order valence-electron chi connectivity index (χ3n) is 4.85. The average molecular weight is 384 g/mol. The van der Waals surface area contributed by atoms with Crippen LogP contribution >= 0.6 is 11.3 Å². The van der Waals surface area contributed by atoms with Gasteiger partial charge in [0.15, 0.2) is 0 Å². The van der Waals surface area contributed by atoms with Crippen LogP contribution in [0, 0.1) is 27.7 Å². The number of thiophene rings is 1. The molecule has 0 saturated heterocycles. The number of ether oxygens (including phenoxy) is 1. The lowest BCUT2D eigenvalue weighted by molar-refractivity contribution is 0.414. The van der Waals surface area contributed by atoms with E-state index in [-0.39, 0.29) is 5.69 Å². The van der Waals surface area contributed by atoms with E-state index in [1.807, 2.05) is 18.4 Å². The summed E-state index contributed by atoms with van der Waals surface area (Å²) in [6.45, 7) is 8.19. The Bertz CT molecular complexity index is 1130. The minimum atomic E-state index is -0.111. The summed E-state index contributed by atoms with van der Waals surface area (Å²) < 4.78 is 8.65. The molecule has 0 fully saturated rings. The fourth-order valence-corrected chi connectivity index (χ4v) is 4.48. The van der Waals surface area contributed by atoms with Gasteiger partial charge < -0.3 is 4.74 Å². The van der Waals surface area contributed by atoms with E-state index < -0.39 is 0 Å². The minimum absolute atomic E-state index is 0.111. The maximum absolute atomic E-state index is 12.8. The molecule has 2 aromatic heterocycles. The lowest BCUT2D eigenvalue weighted by atomic mass is 10.1. The molecule has 0 unspecified atom stereocenters. The van der Waals surface area contributed by atoms with Gasteiger partial charge in [0.1, 0.15) is 11.2 Å². The smallest absolute Gasteiger partial charge is 0.329 e. The second-order valence-electron chi connectivity index (χ2n) is 6.91. The molecular weight excluding hydrogens is 358 g/mol. The Morgan fingerprint density at radius 3 is 2.19 bits per heavy atom. The topological polar surface area (TPSA) is 48.5 Å². The van der Waals surface area contributed by atoms with Crippen molar-refractivity contribution in [2.75, 3.05) is 7.11 Å². The number of hydrogen-bond acceptors (Lipinski definition) is 4. The number of rotatable bonds is 3. The van der Waals surface area contributed by atoms with E-state index in [1.165, 1.54) is 5.56 Å². The van der Waals surface area contributed by atoms with Crippen molar-refractivity contribution in [3.05, 3.63) is 61.8 Å². The van der Waals surface area contributed by atoms with Gasteiger partial charge in [-0.3, -0.25) is 9.13 Å². The second kappa shape index (κ2) is 7.19. The van der Waals surface area contributed by atoms with E-state index in [0.717, 1.165) is 38.7 Å². The Labute approximate surface area is 163 Å². The summed E-state index contributed by atoms with van der Waals surface area (Å²) in [5.41, 5.74) is 6.71. The Morgan fingerprint density at radius 1 is 1.00 bits per heavy atom. The first-order valence-corrected chi connectivity index (χ1v) is 9.64. The Kier molecular flexibility index (Phi) is 5.11. The molecule has 0 aliphatic carbocycles. The Morgan fingerprint density at radius 2 is 1.63 bits per heavy atom. The maximum atomic E-state index is 12.8. The number of nitrogens with zero attached hydrogens (tertiary/aromatic N) is 3. The van der Waals surface area contributed by atoms with E-state index in [1.54, 1.807) is 41.7 Å². The van der Waals surface area contributed by atoms with Crippen molar-refractivity contribution >= 4 is 17.0 Å². The van der Waals surface area contributed by atoms with Gasteiger partial charge in [-0.1, -0.05) is 17.7 Å². The molecule has 27 heavy (non-hydrogen) atoms. The van der Waals surface area contributed by atoms with Gasteiger partial charge in [0.05, 0.1) is 23.4 Å². The van der Waals surface area contributed by atoms with Crippen molar-refractivity contribution in [2.45, 2.75) is 27.7 Å². The third-order valence-corrected chi connectivity index (χ3v) is 5.94. The number of aromatic nitrogens is 2. The fourth-order valence-electron chi connectivity index (χ4n) is 3.39. The van der Waals surface area contributed by atoms with Crippen molar-refractivity contribution in [2.24, 2.45) is 19.1 Å². The molecule has 0 N–H and O–H groups in total. The molecular formula is C21H25N3O2S. The van der Waals surface area contributed by atoms with E-state index in [4.69, 9.17) is 9.73 Å². The van der Waals surface area contributed by atoms with E-state index in [0.29, 0.717) is 5.49 Å². The molecule has 1 aromatic carbocycles. The van der Waals surface area contributed by atoms with Crippen LogP contribution < -0.4 is 15.9 Å². The molecule has 0 bridgehead atoms. The number of methoxy groups -OCH3 is 1. The molecule has 0 saturated carbocycles. The summed E-state index contributed by atoms with van der Waals surface area (Å²) in [5, 5.41) is 1.97. The standard InChI is InChI=1S/C21H25N3O2S/c1-12-8-13(2)19(14(3)9-12)22-18-10-16(23(5)21(25)24(18)6)20-15(4)17(26-7)11-27-20/h8-11H,1-7H3. The van der Waals surface area contributed by atoms with Crippen molar-refractivity contribution in [1.82, 2.24) is 9.13 Å². The van der Waals surface area contributed by atoms with Crippen LogP contribution in [-0.4, -0.2) is 16.2 Å². The van der Waals surface area contributed by atoms with E-state index in [2.05, 4.69) is 32.9 Å². The molecule has 142 valence electrons. The van der Waals surface area contributed by atoms with Gasteiger partial charge in [0.25, 0.3) is 0 Å². The molecule has 6 heteroatoms. The molecule has 0 aliphatic heterocycles. The van der Waals surface area contributed by atoms with Crippen molar-refractivity contribution < 1.29 is 4.74 Å². The van der Waals surface area contributed by atoms with Crippen LogP contribution in [0.2, 0.25) is 0 Å². The van der Waals surface area contributed by atoms with Crippen molar-refractivity contribution in [3.8, 4) is 16.3 Å². The Balaban J connectivity index is 2.32. The summed E-state index contributed by atoms with van der Waals surface area (Å²) in [4.78, 5) is 18.7. The summed E-state index contributed by atoms with van der Waals surface area (Å²) in [6.07, 6.45) is 0. The highest BCUT2D eigenvalue weighted by Gasteiger charge is 2.15. The van der Waals surface area contributed by atoms with Crippen LogP contribution in [0.5, 0.6) is 5.75 Å². The van der Waals surface area contributed by atoms with E-state index in [9.17, 15) is 4.79 Å². The SMILES string of the molecule is COc1csc(-c2cc(=Nc3c(C)cc(C)cc3C)n(C)c(=O)n2C)c1C. The van der Waals surface area contributed by atoms with Crippen LogP contribution in [0.4, 0.5) is 5.69 Å². The van der Waals surface area contributed by atoms with Crippen molar-refractivity contribution in [1.29, 1.82) is 0 Å². The second-order valence-corrected chi connectivity index (χ2v) is 7.79. The first kappa shape index (κ1) is 19.2. The molecule has 3 aromatic rings. The molecule has 0 spiro atoms. The van der Waals surface area contributed by atoms with Gasteiger partial charge in [-0.15, -0.1) is 11.3 Å². The van der Waals surface area contributed by atoms with Crippen LogP contribution in [0.1, 0.15) is 22.3 Å². The molecule has 3 rings (SSSR count). The molecule has 0 radical (unpaired) electrons. The molecule has 0 atom stereocenters. The Hall–Kier alpha value is -2.60. The highest BCUT2D eigenvalue weighted by molar-refractivity contribution is 7.14. The molecule has 2 heterocycles. The first-order valence-electron chi connectivity index (χ1n) is 8.76. The highest BCUT2D eigenvalue weighted by atomic mass is 32.1. The fraction of sp³-hybridized carbons (Fsp3) is 0.333. The summed E-state index contributed by atoms with van der Waals surface area (Å²) in [5.74, 6) is 0.833. The van der Waals surface area contributed by atoms with Crippen LogP contribution in [0.3, 0.4) is 0 Å². The predicted octanol–water partition coefficient (Wildman–Crippen LogP) is 3.93. The largest absolute Gasteiger partial charge is 0.496 e. The zero-order valence-corrected chi connectivity index (χ0v) is 17.7. The zero-order chi connectivity index (χ0) is 19.9. The summed E-state index contributed by atoms with van der Waals surface area (Å²) in [7, 11) is 5.20. The molecule has 5 nitrogen and oxygen atoms in total. The third kappa shape index (κ3) is 3.37. The normalized spacial score (nSPS) is 11.9. The number of hydrogen-bond donors (Lipinski definition) is 0. The van der Waals surface area contributed by atoms with Crippen LogP contribution in [0.25, 0.3) is 10.6 Å². The van der Waals surface area contributed by atoms with Gasteiger partial charge in [-0.2, -0.15) is 0 Å². The van der Waals surface area contributed by atoms with Crippen LogP contribution in [0.15, 0.2) is 33.4 Å². The van der Waals surface area contributed by atoms with Crippen LogP contribution in [-0.2, 0) is 14.1 Å². The highest BCUT2D eigenvalue weighted by Crippen LogP contribution is 2.35. The van der Waals surface area contributed by atoms with Gasteiger partial charge in [0.2, 0.25) is 0 Å². The lowest BCUT2D eigenvalue weighted by Gasteiger charge is -2.12. The summed E-state index contributed by atoms with van der Waals surface area (Å²) in [6, 6.07) is 6.20. The minimum Gasteiger partial charge on any atom is -0.496 e. The van der Waals surface area contributed by atoms with Gasteiger partial charge in [-0.25, -0.2) is 9.79 Å². The van der Waals surface area contributed by atoms with Crippen molar-refractivity contribution in [3.63, 3.8) is 0 Å². The lowest BCUT2D eigenvalue weighted by Crippen LogP contribution is -2.37. The average Bonchev–Trinajstić information content (AvgIpc) is 2.98. The predicted molar refractivity (Wildman–Crippen MR) is 111 cm³/mol. The molecule has 0 aliphatic rings. The summed E-state index contributed by atoms with van der Waals surface area (Å²) >= 11 is 1.57. The monoisotopic (exact) mass is 383 g/mol. The molecule has 0 amide bonds. The zero-order valence-electron chi connectivity index (χ0n) is 16.9. The maximum Gasteiger partial charge on any atom is 0.329 e. The first-order chi connectivity index (χ1) is 12.7. The van der Waals surface area contributed by atoms with Gasteiger partial charge >= 0.3 is 5.69 Å². The number of benzene rings is 1.